The molecule has 59 heavy (non-hydrogen) atoms. The summed E-state index contributed by atoms with van der Waals surface area (Å²) in [5.41, 5.74) is -1.24. The van der Waals surface area contributed by atoms with E-state index in [2.05, 4.69) is 13.8 Å². The predicted molar refractivity (Wildman–Crippen MR) is 234 cm³/mol. The van der Waals surface area contributed by atoms with Crippen LogP contribution in [0.5, 0.6) is 0 Å². The largest absolute Gasteiger partial charge is 0.756 e. The molecule has 0 aromatic carbocycles. The normalized spacial score (nSPS) is 18.5. The molecule has 3 atom stereocenters. The van der Waals surface area contributed by atoms with E-state index < -0.39 is 43.7 Å². The minimum atomic E-state index is -4.66. The molecule has 0 bridgehead atoms. The Morgan fingerprint density at radius 3 is 1.51 bits per heavy atom. The number of rotatable bonds is 40. The van der Waals surface area contributed by atoms with Gasteiger partial charge in [0.15, 0.2) is 6.10 Å². The van der Waals surface area contributed by atoms with Gasteiger partial charge in [0.25, 0.3) is 7.82 Å². The van der Waals surface area contributed by atoms with Crippen molar-refractivity contribution >= 4 is 19.8 Å². The number of hydrogen-bond acceptors (Lipinski definition) is 10. The summed E-state index contributed by atoms with van der Waals surface area (Å²) in [5, 5.41) is 14.5. The molecule has 13 heteroatoms. The number of carbonyl (C=O) groups excluding carboxylic acids is 2. The summed E-state index contributed by atoms with van der Waals surface area (Å²) in [7, 11) is 1.10. The van der Waals surface area contributed by atoms with Crippen LogP contribution in [0.3, 0.4) is 0 Å². The molecule has 1 aliphatic heterocycles. The number of unbranched alkanes of at least 4 members (excludes halogenated alkanes) is 22. The van der Waals surface area contributed by atoms with Gasteiger partial charge in [-0.3, -0.25) is 14.2 Å². The maximum atomic E-state index is 13.3. The fraction of sp³-hybridized carbons (Fsp3) is 0.957. The predicted octanol–water partition coefficient (Wildman–Crippen LogP) is 11.2. The number of hydrogen-bond donors (Lipinski definition) is 0. The molecule has 349 valence electrons. The molecular weight excluding hydrogens is 771 g/mol. The molecule has 1 radical (unpaired) electrons. The van der Waals surface area contributed by atoms with Crippen LogP contribution in [0.1, 0.15) is 214 Å². The van der Waals surface area contributed by atoms with E-state index in [1.54, 1.807) is 0 Å². The first-order chi connectivity index (χ1) is 28.1. The van der Waals surface area contributed by atoms with Gasteiger partial charge in [-0.1, -0.05) is 149 Å². The maximum absolute atomic E-state index is 13.3. The lowest BCUT2D eigenvalue weighted by atomic mass is 9.95. The van der Waals surface area contributed by atoms with Crippen LogP contribution in [0.4, 0.5) is 0 Å². The second-order valence-corrected chi connectivity index (χ2v) is 20.3. The Kier molecular flexibility index (Phi) is 30.8. The van der Waals surface area contributed by atoms with Gasteiger partial charge in [-0.05, 0) is 52.4 Å². The van der Waals surface area contributed by atoms with Gasteiger partial charge >= 0.3 is 11.9 Å². The van der Waals surface area contributed by atoms with Crippen LogP contribution in [-0.2, 0) is 42.6 Å². The van der Waals surface area contributed by atoms with Crippen LogP contribution in [0.15, 0.2) is 0 Å². The van der Waals surface area contributed by atoms with Crippen LogP contribution in [0, 0.1) is 0 Å². The van der Waals surface area contributed by atoms with E-state index in [0.29, 0.717) is 24.1 Å². The Bertz CT molecular complexity index is 1120. The first-order valence-electron chi connectivity index (χ1n) is 23.9. The van der Waals surface area contributed by atoms with Gasteiger partial charge in [-0.2, -0.15) is 0 Å². The Morgan fingerprint density at radius 2 is 1.08 bits per heavy atom. The lowest BCUT2D eigenvalue weighted by molar-refractivity contribution is -0.870. The summed E-state index contributed by atoms with van der Waals surface area (Å²) in [6, 6.07) is 0. The quantitative estimate of drug-likeness (QED) is 0.0253. The molecule has 0 aromatic rings. The fourth-order valence-corrected chi connectivity index (χ4v) is 8.28. The molecule has 0 aliphatic carbocycles. The van der Waals surface area contributed by atoms with Crippen molar-refractivity contribution in [3.63, 3.8) is 0 Å². The van der Waals surface area contributed by atoms with Crippen molar-refractivity contribution in [1.29, 1.82) is 0 Å². The van der Waals surface area contributed by atoms with Crippen molar-refractivity contribution in [3.05, 3.63) is 0 Å². The van der Waals surface area contributed by atoms with Crippen LogP contribution in [-0.4, -0.2) is 93.0 Å². The van der Waals surface area contributed by atoms with Crippen molar-refractivity contribution in [3.8, 4) is 0 Å². The van der Waals surface area contributed by atoms with Gasteiger partial charge in [-0.15, -0.1) is 10.3 Å². The highest BCUT2D eigenvalue weighted by atomic mass is 31.2. The summed E-state index contributed by atoms with van der Waals surface area (Å²) in [5.74, 6) is -0.899. The third-order valence-electron chi connectivity index (χ3n) is 11.4. The first kappa shape index (κ1) is 55.9. The molecule has 1 aliphatic rings. The summed E-state index contributed by atoms with van der Waals surface area (Å²) in [4.78, 5) is 37.8. The van der Waals surface area contributed by atoms with Gasteiger partial charge in [0.05, 0.1) is 39.9 Å². The van der Waals surface area contributed by atoms with Gasteiger partial charge < -0.3 is 32.6 Å². The highest BCUT2D eigenvalue weighted by molar-refractivity contribution is 7.45. The van der Waals surface area contributed by atoms with E-state index in [0.717, 1.165) is 77.0 Å². The molecule has 1 saturated heterocycles. The zero-order valence-corrected chi connectivity index (χ0v) is 39.9. The Balaban J connectivity index is 2.44. The number of ether oxygens (including phenoxy) is 3. The van der Waals surface area contributed by atoms with E-state index in [-0.39, 0.29) is 26.1 Å². The minimum Gasteiger partial charge on any atom is -0.756 e. The number of nitrogens with zero attached hydrogens (tertiary/aromatic N) is 2. The van der Waals surface area contributed by atoms with Gasteiger partial charge in [0, 0.05) is 12.8 Å². The smallest absolute Gasteiger partial charge is 0.306 e. The number of likely N-dealkylation sites (N-methyl/N-ethyl adjacent to an activating group) is 1. The number of phosphoric ester groups is 1. The molecule has 0 spiro atoms. The maximum Gasteiger partial charge on any atom is 0.306 e. The molecule has 1 rings (SSSR count). The summed E-state index contributed by atoms with van der Waals surface area (Å²) >= 11 is 0. The zero-order valence-electron chi connectivity index (χ0n) is 39.0. The van der Waals surface area contributed by atoms with Gasteiger partial charge in [-0.25, -0.2) is 0 Å². The van der Waals surface area contributed by atoms with Crippen molar-refractivity contribution in [2.45, 2.75) is 231 Å². The number of hydroxylamine groups is 2. The van der Waals surface area contributed by atoms with E-state index in [1.165, 1.54) is 95.0 Å². The molecular formula is C46H90N2O10P. The van der Waals surface area contributed by atoms with E-state index in [4.69, 9.17) is 23.3 Å². The topological polar surface area (TPSA) is 144 Å². The Labute approximate surface area is 361 Å². The van der Waals surface area contributed by atoms with Crippen molar-refractivity contribution < 1.29 is 52.0 Å². The average molecular weight is 862 g/mol. The molecule has 0 amide bonds. The third-order valence-corrected chi connectivity index (χ3v) is 12.3. The molecule has 0 aromatic heterocycles. The van der Waals surface area contributed by atoms with E-state index >= 15 is 0 Å². The Morgan fingerprint density at radius 1 is 0.661 bits per heavy atom. The number of quaternary nitrogens is 1. The second-order valence-electron chi connectivity index (χ2n) is 18.9. The van der Waals surface area contributed by atoms with Crippen molar-refractivity contribution in [1.82, 2.24) is 5.06 Å². The summed E-state index contributed by atoms with van der Waals surface area (Å²) in [6.07, 6.45) is 28.9. The Hall–Kier alpha value is -1.11. The molecule has 0 saturated carbocycles. The summed E-state index contributed by atoms with van der Waals surface area (Å²) in [6.45, 7) is 8.46. The van der Waals surface area contributed by atoms with E-state index in [9.17, 15) is 24.3 Å². The minimum absolute atomic E-state index is 0.0497. The molecule has 2 unspecified atom stereocenters. The monoisotopic (exact) mass is 862 g/mol. The highest BCUT2D eigenvalue weighted by Crippen LogP contribution is 2.41. The fourth-order valence-electron chi connectivity index (χ4n) is 7.56. The van der Waals surface area contributed by atoms with Crippen LogP contribution >= 0.6 is 7.82 Å². The van der Waals surface area contributed by atoms with Crippen LogP contribution in [0.2, 0.25) is 0 Å². The van der Waals surface area contributed by atoms with Crippen molar-refractivity contribution in [2.75, 3.05) is 54.1 Å². The van der Waals surface area contributed by atoms with E-state index in [1.807, 2.05) is 35.0 Å². The SMILES string of the molecule is CCCCCCCCCCCCCCCC(=O)OC[C@H](COP(=O)([O-])OCC[N+](C)(C)C)OC(=O)CCCCCCCCC1(CCCCCCCC)OCC(C)(C)N1[O]. The molecule has 1 fully saturated rings. The van der Waals surface area contributed by atoms with Crippen LogP contribution < -0.4 is 4.89 Å². The number of phosphoric acid groups is 1. The number of esters is 2. The summed E-state index contributed by atoms with van der Waals surface area (Å²) < 4.78 is 40.3. The first-order valence-corrected chi connectivity index (χ1v) is 25.4. The lowest BCUT2D eigenvalue weighted by Crippen LogP contribution is -2.49. The standard InChI is InChI=1S/C46H90N2O10P/c1-8-10-12-14-16-17-18-19-20-21-22-25-29-33-43(49)54-39-42(40-57-59(52,53)56-38-37-48(5,6)7)58-44(50)34-30-26-23-24-28-32-36-46(35-31-27-15-13-11-9-2)47(51)45(3,4)41-55-46/h42H,8-41H2,1-7H3/t42-,46?/m1/s1. The average Bonchev–Trinajstić information content (AvgIpc) is 3.40. The van der Waals surface area contributed by atoms with Gasteiger partial charge in [0.1, 0.15) is 25.5 Å². The van der Waals surface area contributed by atoms with Crippen molar-refractivity contribution in [2.24, 2.45) is 0 Å². The second kappa shape index (κ2) is 32.5. The zero-order chi connectivity index (χ0) is 43.9. The van der Waals surface area contributed by atoms with Crippen LogP contribution in [0.25, 0.3) is 0 Å². The lowest BCUT2D eigenvalue weighted by Gasteiger charge is -2.35. The molecule has 0 N–H and O–H groups in total. The molecule has 1 heterocycles. The molecule has 12 nitrogen and oxygen atoms in total. The third kappa shape index (κ3) is 29.0. The highest BCUT2D eigenvalue weighted by Gasteiger charge is 2.51. The number of carbonyl (C=O) groups is 2. The van der Waals surface area contributed by atoms with Gasteiger partial charge in [0.2, 0.25) is 0 Å².